The van der Waals surface area contributed by atoms with Gasteiger partial charge in [0.15, 0.2) is 5.96 Å². The van der Waals surface area contributed by atoms with Crippen molar-refractivity contribution in [2.45, 2.75) is 18.7 Å². The summed E-state index contributed by atoms with van der Waals surface area (Å²) in [4.78, 5) is 8.44. The molecule has 1 heterocycles. The minimum Gasteiger partial charge on any atom is -0.370 e. The maximum atomic E-state index is 12.9. The van der Waals surface area contributed by atoms with E-state index in [1.807, 2.05) is 19.0 Å². The van der Waals surface area contributed by atoms with Gasteiger partial charge >= 0.3 is 6.18 Å². The second-order valence-electron chi connectivity index (χ2n) is 6.56. The molecule has 0 radical (unpaired) electrons. The monoisotopic (exact) mass is 372 g/mol. The van der Waals surface area contributed by atoms with Gasteiger partial charge in [0.2, 0.25) is 0 Å². The molecule has 0 saturated carbocycles. The number of benzene rings is 1. The number of aliphatic imine (C=N–C) groups is 1. The minimum atomic E-state index is -4.35. The summed E-state index contributed by atoms with van der Waals surface area (Å²) in [6.07, 6.45) is -3.78. The van der Waals surface area contributed by atoms with Crippen LogP contribution in [0.5, 0.6) is 0 Å². The van der Waals surface area contributed by atoms with Gasteiger partial charge in [-0.3, -0.25) is 4.99 Å². The van der Waals surface area contributed by atoms with Gasteiger partial charge in [0.25, 0.3) is 0 Å². The molecule has 146 valence electrons. The van der Waals surface area contributed by atoms with Crippen LogP contribution >= 0.6 is 0 Å². The lowest BCUT2D eigenvalue weighted by Crippen LogP contribution is -2.48. The van der Waals surface area contributed by atoms with Gasteiger partial charge in [0, 0.05) is 20.1 Å². The van der Waals surface area contributed by atoms with Crippen molar-refractivity contribution in [2.24, 2.45) is 4.99 Å². The van der Waals surface area contributed by atoms with Crippen LogP contribution in [0.15, 0.2) is 29.3 Å². The predicted octanol–water partition coefficient (Wildman–Crippen LogP) is 2.61. The third-order valence-corrected chi connectivity index (χ3v) is 4.23. The van der Waals surface area contributed by atoms with Gasteiger partial charge in [-0.15, -0.1) is 0 Å². The number of hydrogen-bond acceptors (Lipinski definition) is 3. The van der Waals surface area contributed by atoms with Crippen molar-refractivity contribution in [3.63, 3.8) is 0 Å². The summed E-state index contributed by atoms with van der Waals surface area (Å²) in [6, 6.07) is 5.35. The third-order valence-electron chi connectivity index (χ3n) is 4.23. The highest BCUT2D eigenvalue weighted by Gasteiger charge is 2.32. The van der Waals surface area contributed by atoms with Crippen LogP contribution in [0, 0.1) is 0 Å². The molecular weight excluding hydrogens is 345 g/mol. The minimum absolute atomic E-state index is 0.411. The summed E-state index contributed by atoms with van der Waals surface area (Å²) in [7, 11) is 5.76. The molecular formula is C18H27F3N4O. The third kappa shape index (κ3) is 5.88. The van der Waals surface area contributed by atoms with Crippen molar-refractivity contribution < 1.29 is 17.9 Å². The Balaban J connectivity index is 1.99. The lowest BCUT2D eigenvalue weighted by atomic mass is 10.0. The molecule has 1 aromatic carbocycles. The average Bonchev–Trinajstić information content (AvgIpc) is 2.61. The first-order valence-electron chi connectivity index (χ1n) is 8.70. The van der Waals surface area contributed by atoms with E-state index in [9.17, 15) is 13.2 Å². The Hall–Kier alpha value is -1.80. The molecule has 1 saturated heterocycles. The molecule has 0 spiro atoms. The fraction of sp³-hybridized carbons (Fsp3) is 0.611. The SMILES string of the molecule is CN=C(NCCCN(C)C)N1CCOC(c2cccc(C(F)(F)F)c2)C1. The molecule has 0 aromatic heterocycles. The Morgan fingerprint density at radius 3 is 2.81 bits per heavy atom. The summed E-state index contributed by atoms with van der Waals surface area (Å²) in [6.45, 7) is 3.33. The summed E-state index contributed by atoms with van der Waals surface area (Å²) in [5.41, 5.74) is -0.116. The summed E-state index contributed by atoms with van der Waals surface area (Å²) in [5.74, 6) is 0.754. The van der Waals surface area contributed by atoms with Crippen LogP contribution in [0.25, 0.3) is 0 Å². The van der Waals surface area contributed by atoms with Crippen molar-refractivity contribution in [3.05, 3.63) is 35.4 Å². The van der Waals surface area contributed by atoms with Gasteiger partial charge in [-0.1, -0.05) is 12.1 Å². The molecule has 5 nitrogen and oxygen atoms in total. The van der Waals surface area contributed by atoms with E-state index < -0.39 is 17.8 Å². The largest absolute Gasteiger partial charge is 0.416 e. The molecule has 2 rings (SSSR count). The number of ether oxygens (including phenoxy) is 1. The highest BCUT2D eigenvalue weighted by molar-refractivity contribution is 5.80. The molecule has 1 aliphatic rings. The zero-order valence-corrected chi connectivity index (χ0v) is 15.5. The fourth-order valence-electron chi connectivity index (χ4n) is 2.89. The van der Waals surface area contributed by atoms with E-state index in [2.05, 4.69) is 15.2 Å². The Morgan fingerprint density at radius 2 is 2.15 bits per heavy atom. The Kier molecular flexibility index (Phi) is 7.28. The molecule has 1 atom stereocenters. The zero-order chi connectivity index (χ0) is 19.2. The van der Waals surface area contributed by atoms with Gasteiger partial charge in [0.05, 0.1) is 18.7 Å². The maximum absolute atomic E-state index is 12.9. The molecule has 8 heteroatoms. The molecule has 1 aliphatic heterocycles. The number of guanidine groups is 1. The van der Waals surface area contributed by atoms with E-state index in [0.29, 0.717) is 25.3 Å². The lowest BCUT2D eigenvalue weighted by molar-refractivity contribution is -0.137. The van der Waals surface area contributed by atoms with Crippen LogP contribution in [0.2, 0.25) is 0 Å². The molecule has 0 bridgehead atoms. The van der Waals surface area contributed by atoms with Crippen LogP contribution in [0.3, 0.4) is 0 Å². The number of halogens is 3. The van der Waals surface area contributed by atoms with Crippen molar-refractivity contribution >= 4 is 5.96 Å². The second kappa shape index (κ2) is 9.23. The summed E-state index contributed by atoms with van der Waals surface area (Å²) in [5, 5.41) is 3.32. The predicted molar refractivity (Wildman–Crippen MR) is 96.2 cm³/mol. The number of alkyl halides is 3. The molecule has 1 aromatic rings. The number of nitrogens with one attached hydrogen (secondary N) is 1. The van der Waals surface area contributed by atoms with Crippen LogP contribution in [0.4, 0.5) is 13.2 Å². The van der Waals surface area contributed by atoms with E-state index in [1.54, 1.807) is 13.1 Å². The number of rotatable bonds is 5. The molecule has 1 fully saturated rings. The van der Waals surface area contributed by atoms with Crippen LogP contribution < -0.4 is 5.32 Å². The average molecular weight is 372 g/mol. The quantitative estimate of drug-likeness (QED) is 0.490. The van der Waals surface area contributed by atoms with Crippen LogP contribution in [-0.4, -0.2) is 69.7 Å². The Morgan fingerprint density at radius 1 is 1.38 bits per heavy atom. The zero-order valence-electron chi connectivity index (χ0n) is 15.5. The standard InChI is InChI=1S/C18H27F3N4O/c1-22-17(23-8-5-9-24(2)3)25-10-11-26-16(13-25)14-6-4-7-15(12-14)18(19,20)21/h4,6-7,12,16H,5,8-11,13H2,1-3H3,(H,22,23). The second-order valence-corrected chi connectivity index (χ2v) is 6.56. The van der Waals surface area contributed by atoms with Crippen molar-refractivity contribution in [1.29, 1.82) is 0 Å². The van der Waals surface area contributed by atoms with Gasteiger partial charge in [-0.2, -0.15) is 13.2 Å². The highest BCUT2D eigenvalue weighted by atomic mass is 19.4. The van der Waals surface area contributed by atoms with Gasteiger partial charge in [-0.05, 0) is 44.8 Å². The molecule has 0 aliphatic carbocycles. The van der Waals surface area contributed by atoms with Crippen LogP contribution in [-0.2, 0) is 10.9 Å². The maximum Gasteiger partial charge on any atom is 0.416 e. The topological polar surface area (TPSA) is 40.1 Å². The molecule has 0 amide bonds. The summed E-state index contributed by atoms with van der Waals surface area (Å²) >= 11 is 0. The molecule has 1 unspecified atom stereocenters. The smallest absolute Gasteiger partial charge is 0.370 e. The van der Waals surface area contributed by atoms with Crippen molar-refractivity contribution in [3.8, 4) is 0 Å². The summed E-state index contributed by atoms with van der Waals surface area (Å²) < 4.78 is 44.5. The molecule has 26 heavy (non-hydrogen) atoms. The lowest BCUT2D eigenvalue weighted by Gasteiger charge is -2.35. The Labute approximate surface area is 152 Å². The van der Waals surface area contributed by atoms with Crippen LogP contribution in [0.1, 0.15) is 23.7 Å². The van der Waals surface area contributed by atoms with Gasteiger partial charge in [0.1, 0.15) is 6.10 Å². The van der Waals surface area contributed by atoms with Crippen molar-refractivity contribution in [1.82, 2.24) is 15.1 Å². The first kappa shape index (κ1) is 20.5. The van der Waals surface area contributed by atoms with E-state index >= 15 is 0 Å². The normalized spacial score (nSPS) is 19.1. The van der Waals surface area contributed by atoms with E-state index in [4.69, 9.17) is 4.74 Å². The number of morpholine rings is 1. The van der Waals surface area contributed by atoms with E-state index in [1.165, 1.54) is 12.1 Å². The van der Waals surface area contributed by atoms with Gasteiger partial charge < -0.3 is 19.9 Å². The Bertz CT molecular complexity index is 604. The number of hydrogen-bond donors (Lipinski definition) is 1. The fourth-order valence-corrected chi connectivity index (χ4v) is 2.89. The van der Waals surface area contributed by atoms with E-state index in [-0.39, 0.29) is 0 Å². The van der Waals surface area contributed by atoms with Gasteiger partial charge in [-0.25, -0.2) is 0 Å². The van der Waals surface area contributed by atoms with Crippen molar-refractivity contribution in [2.75, 3.05) is 53.9 Å². The first-order valence-corrected chi connectivity index (χ1v) is 8.70. The molecule has 1 N–H and O–H groups in total. The highest BCUT2D eigenvalue weighted by Crippen LogP contribution is 2.32. The van der Waals surface area contributed by atoms with E-state index in [0.717, 1.165) is 31.5 Å². The first-order chi connectivity index (χ1) is 12.3. The number of nitrogens with zero attached hydrogens (tertiary/aromatic N) is 3.